The maximum absolute atomic E-state index is 9.53. The molecule has 7 heteroatoms. The van der Waals surface area contributed by atoms with Gasteiger partial charge in [0.1, 0.15) is 0 Å². The van der Waals surface area contributed by atoms with Crippen LogP contribution in [0.15, 0.2) is 0 Å². The minimum atomic E-state index is -0.417. The van der Waals surface area contributed by atoms with Crippen LogP contribution in [-0.4, -0.2) is 36.6 Å². The first-order chi connectivity index (χ1) is 10.4. The predicted molar refractivity (Wildman–Crippen MR) is 90.8 cm³/mol. The van der Waals surface area contributed by atoms with Crippen molar-refractivity contribution >= 4 is 0 Å². The monoisotopic (exact) mass is 452 g/mol. The smallest absolute Gasteiger partial charge is 0 e. The summed E-state index contributed by atoms with van der Waals surface area (Å²) in [6.07, 6.45) is -2.50. The average molecular weight is 450 g/mol. The van der Waals surface area contributed by atoms with E-state index in [1.54, 1.807) is 83.1 Å². The average Bonchev–Trinajstić information content (AvgIpc) is 2.08. The fraction of sp³-hybridized carbons (Fsp3) is 1.00. The van der Waals surface area contributed by atoms with Gasteiger partial charge in [0, 0.05) is 21.1 Å². The molecule has 0 aliphatic rings. The van der Waals surface area contributed by atoms with E-state index in [9.17, 15) is 30.6 Å². The molecule has 0 bridgehead atoms. The van der Waals surface area contributed by atoms with Crippen molar-refractivity contribution < 1.29 is 51.7 Å². The zero-order valence-electron chi connectivity index (χ0n) is 18.3. The third kappa shape index (κ3) is 61300. The van der Waals surface area contributed by atoms with Gasteiger partial charge in [-0.1, -0.05) is 83.1 Å². The van der Waals surface area contributed by atoms with E-state index in [4.69, 9.17) is 0 Å². The van der Waals surface area contributed by atoms with E-state index in [0.29, 0.717) is 0 Å². The van der Waals surface area contributed by atoms with Crippen molar-refractivity contribution in [1.82, 2.24) is 0 Å². The number of hydrogen-bond donors (Lipinski definition) is 0. The number of hydrogen-bond acceptors (Lipinski definition) is 6. The van der Waals surface area contributed by atoms with E-state index in [-0.39, 0.29) is 21.1 Å². The van der Waals surface area contributed by atoms with Crippen molar-refractivity contribution in [3.05, 3.63) is 0 Å². The Morgan fingerprint density at radius 1 is 0.280 bits per heavy atom. The Morgan fingerprint density at radius 3 is 0.280 bits per heavy atom. The van der Waals surface area contributed by atoms with Crippen LogP contribution < -0.4 is 30.6 Å². The Balaban J connectivity index is -0.0000000309. The Kier molecular flexibility index (Phi) is 70.6. The van der Waals surface area contributed by atoms with Gasteiger partial charge < -0.3 is 30.6 Å². The SMILES string of the molecule is CC(C)[O-].CC(C)[O-].CC(C)[O-].CC(C)[O-].CC(C)[O-].CC(C)[O-].[Mo]. The molecule has 0 aromatic heterocycles. The van der Waals surface area contributed by atoms with Gasteiger partial charge >= 0.3 is 0 Å². The molecule has 0 aromatic carbocycles. The molecule has 0 fully saturated rings. The van der Waals surface area contributed by atoms with Crippen molar-refractivity contribution in [3.8, 4) is 0 Å². The van der Waals surface area contributed by atoms with Gasteiger partial charge in [-0.25, -0.2) is 0 Å². The first kappa shape index (κ1) is 44.7. The van der Waals surface area contributed by atoms with Gasteiger partial charge in [-0.05, 0) is 0 Å². The number of rotatable bonds is 0. The maximum Gasteiger partial charge on any atom is 0 e. The summed E-state index contributed by atoms with van der Waals surface area (Å²) in [7, 11) is 0. The normalized spacial score (nSPS) is 8.64. The van der Waals surface area contributed by atoms with Crippen LogP contribution in [0, 0.1) is 0 Å². The third-order valence-electron chi connectivity index (χ3n) is 0. The first-order valence-corrected chi connectivity index (χ1v) is 8.34. The van der Waals surface area contributed by atoms with Crippen molar-refractivity contribution in [1.29, 1.82) is 0 Å². The van der Waals surface area contributed by atoms with Gasteiger partial charge in [-0.2, -0.15) is 0 Å². The summed E-state index contributed by atoms with van der Waals surface area (Å²) in [5.74, 6) is 0. The molecule has 0 amide bonds. The molecule has 162 valence electrons. The minimum Gasteiger partial charge on any atom is -0.852 e. The first-order valence-electron chi connectivity index (χ1n) is 8.34. The second-order valence-electron chi connectivity index (χ2n) is 6.29. The predicted octanol–water partition coefficient (Wildman–Crippen LogP) is -1.47. The van der Waals surface area contributed by atoms with E-state index >= 15 is 0 Å². The van der Waals surface area contributed by atoms with Crippen LogP contribution in [-0.2, 0) is 21.1 Å². The van der Waals surface area contributed by atoms with Crippen LogP contribution in [0.4, 0.5) is 0 Å². The Hall–Kier alpha value is 0.448. The molecule has 0 heterocycles. The van der Waals surface area contributed by atoms with Gasteiger partial charge in [-0.15, -0.1) is 36.6 Å². The van der Waals surface area contributed by atoms with Gasteiger partial charge in [-0.3, -0.25) is 0 Å². The molecule has 0 atom stereocenters. The summed E-state index contributed by atoms with van der Waals surface area (Å²) >= 11 is 0. The van der Waals surface area contributed by atoms with Crippen molar-refractivity contribution in [2.75, 3.05) is 0 Å². The second-order valence-corrected chi connectivity index (χ2v) is 6.29. The minimum absolute atomic E-state index is 0. The van der Waals surface area contributed by atoms with Crippen LogP contribution in [0.2, 0.25) is 0 Å². The summed E-state index contributed by atoms with van der Waals surface area (Å²) in [6, 6.07) is 0. The van der Waals surface area contributed by atoms with E-state index in [0.717, 1.165) is 0 Å². The Bertz CT molecular complexity index is 101. The molecule has 0 aliphatic heterocycles. The van der Waals surface area contributed by atoms with E-state index in [1.807, 2.05) is 0 Å². The molecule has 0 aliphatic carbocycles. The van der Waals surface area contributed by atoms with Crippen LogP contribution in [0.3, 0.4) is 0 Å². The summed E-state index contributed by atoms with van der Waals surface area (Å²) in [5, 5.41) is 57.2. The second kappa shape index (κ2) is 39.5. The Labute approximate surface area is 171 Å². The summed E-state index contributed by atoms with van der Waals surface area (Å²) < 4.78 is 0. The molecule has 25 heavy (non-hydrogen) atoms. The maximum atomic E-state index is 9.53. The zero-order chi connectivity index (χ0) is 21.5. The summed E-state index contributed by atoms with van der Waals surface area (Å²) in [5.41, 5.74) is 0. The van der Waals surface area contributed by atoms with Crippen molar-refractivity contribution in [2.24, 2.45) is 0 Å². The van der Waals surface area contributed by atoms with Crippen LogP contribution >= 0.6 is 0 Å². The summed E-state index contributed by atoms with van der Waals surface area (Å²) in [4.78, 5) is 0. The molecule has 0 rings (SSSR count). The van der Waals surface area contributed by atoms with Crippen molar-refractivity contribution in [2.45, 2.75) is 120 Å². The molecule has 0 unspecified atom stereocenters. The molecular weight excluding hydrogens is 408 g/mol. The van der Waals surface area contributed by atoms with E-state index < -0.39 is 36.6 Å². The van der Waals surface area contributed by atoms with Gasteiger partial charge in [0.2, 0.25) is 0 Å². The molecule has 0 spiro atoms. The molecule has 0 radical (unpaired) electrons. The topological polar surface area (TPSA) is 138 Å². The van der Waals surface area contributed by atoms with Crippen LogP contribution in [0.25, 0.3) is 0 Å². The molecule has 6 nitrogen and oxygen atoms in total. The fourth-order valence-electron chi connectivity index (χ4n) is 0. The van der Waals surface area contributed by atoms with Gasteiger partial charge in [0.25, 0.3) is 0 Å². The quantitative estimate of drug-likeness (QED) is 0.413. The summed E-state index contributed by atoms with van der Waals surface area (Å²) in [6.45, 7) is 19.3. The molecule has 0 saturated carbocycles. The van der Waals surface area contributed by atoms with Crippen LogP contribution in [0.5, 0.6) is 0 Å². The standard InChI is InChI=1S/6C3H7O.Mo/c6*1-3(2)4;/h6*3H,1-2H3;/q6*-1;. The molecular formula is C18H42MoO6-6. The fourth-order valence-corrected chi connectivity index (χ4v) is 0. The zero-order valence-corrected chi connectivity index (χ0v) is 20.3. The molecule has 0 N–H and O–H groups in total. The van der Waals surface area contributed by atoms with Crippen LogP contribution in [0.1, 0.15) is 83.1 Å². The van der Waals surface area contributed by atoms with E-state index in [1.165, 1.54) is 0 Å². The van der Waals surface area contributed by atoms with Crippen molar-refractivity contribution in [3.63, 3.8) is 0 Å². The largest absolute Gasteiger partial charge is 0.852 e. The van der Waals surface area contributed by atoms with E-state index in [2.05, 4.69) is 0 Å². The Morgan fingerprint density at radius 2 is 0.280 bits per heavy atom. The van der Waals surface area contributed by atoms with Gasteiger partial charge in [0.05, 0.1) is 0 Å². The van der Waals surface area contributed by atoms with Gasteiger partial charge in [0.15, 0.2) is 0 Å². The third-order valence-corrected chi connectivity index (χ3v) is 0. The molecule has 0 saturated heterocycles. The molecule has 0 aromatic rings.